The average Bonchev–Trinajstić information content (AvgIpc) is 3.82. The van der Waals surface area contributed by atoms with Gasteiger partial charge in [0.25, 0.3) is 0 Å². The number of rotatable bonds is 2. The Kier molecular flexibility index (Phi) is 7.15. The molecule has 0 amide bonds. The third-order valence-corrected chi connectivity index (χ3v) is 12.3. The number of furan rings is 1. The fourth-order valence-electron chi connectivity index (χ4n) is 9.97. The minimum Gasteiger partial charge on any atom is -0.456 e. The van der Waals surface area contributed by atoms with Crippen LogP contribution in [-0.4, -0.2) is 6.54 Å². The predicted molar refractivity (Wildman–Crippen MR) is 217 cm³/mol. The first kappa shape index (κ1) is 31.6. The first-order valence-electron chi connectivity index (χ1n) is 18.6. The van der Waals surface area contributed by atoms with Crippen LogP contribution in [0.1, 0.15) is 58.2 Å². The average molecular weight is 686 g/mol. The van der Waals surface area contributed by atoms with Gasteiger partial charge in [-0.25, -0.2) is 11.1 Å². The van der Waals surface area contributed by atoms with E-state index in [0.29, 0.717) is 0 Å². The van der Waals surface area contributed by atoms with Gasteiger partial charge < -0.3 is 9.73 Å². The maximum Gasteiger partial charge on any atom is 0.135 e. The van der Waals surface area contributed by atoms with E-state index in [1.165, 1.54) is 76.8 Å². The fraction of sp³-hybridized carbons (Fsp3) is 0.143. The summed E-state index contributed by atoms with van der Waals surface area (Å²) < 4.78 is 6.06. The van der Waals surface area contributed by atoms with Crippen LogP contribution in [0.2, 0.25) is 0 Å². The Bertz CT molecular complexity index is 2760. The third kappa shape index (κ3) is 4.33. The molecule has 0 radical (unpaired) electrons. The molecule has 4 heteroatoms. The molecule has 53 heavy (non-hydrogen) atoms. The molecule has 1 fully saturated rings. The Morgan fingerprint density at radius 1 is 0.623 bits per heavy atom. The van der Waals surface area contributed by atoms with Crippen molar-refractivity contribution in [2.24, 2.45) is 0 Å². The smallest absolute Gasteiger partial charge is 0.135 e. The zero-order chi connectivity index (χ0) is 35.7. The molecular formula is C49H39N3O. The Balaban J connectivity index is 0.000000128. The van der Waals surface area contributed by atoms with Crippen molar-refractivity contribution in [3.8, 4) is 0 Å². The van der Waals surface area contributed by atoms with E-state index in [0.717, 1.165) is 37.0 Å². The van der Waals surface area contributed by atoms with E-state index >= 15 is 0 Å². The molecule has 0 bridgehead atoms. The molecule has 1 unspecified atom stereocenters. The summed E-state index contributed by atoms with van der Waals surface area (Å²) in [7, 11) is 0. The second-order valence-corrected chi connectivity index (χ2v) is 14.8. The van der Waals surface area contributed by atoms with Crippen LogP contribution in [0.5, 0.6) is 0 Å². The van der Waals surface area contributed by atoms with E-state index in [9.17, 15) is 0 Å². The summed E-state index contributed by atoms with van der Waals surface area (Å²) in [6.07, 6.45) is 8.13. The van der Waals surface area contributed by atoms with Crippen LogP contribution in [0, 0.1) is 18.0 Å². The number of para-hydroxylation sites is 1. The van der Waals surface area contributed by atoms with Crippen molar-refractivity contribution >= 4 is 49.1 Å². The second-order valence-electron chi connectivity index (χ2n) is 14.8. The van der Waals surface area contributed by atoms with Crippen LogP contribution in [0.3, 0.4) is 0 Å². The first-order chi connectivity index (χ1) is 26.2. The van der Waals surface area contributed by atoms with Crippen LogP contribution >= 0.6 is 0 Å². The van der Waals surface area contributed by atoms with Gasteiger partial charge in [-0.05, 0) is 111 Å². The molecular weight excluding hydrogens is 647 g/mol. The summed E-state index contributed by atoms with van der Waals surface area (Å²) in [5.41, 5.74) is 24.6. The van der Waals surface area contributed by atoms with Crippen LogP contribution in [0.25, 0.3) is 49.1 Å². The van der Waals surface area contributed by atoms with E-state index in [2.05, 4.69) is 152 Å². The van der Waals surface area contributed by atoms with Crippen LogP contribution < -0.4 is 5.32 Å². The molecule has 4 nitrogen and oxygen atoms in total. The van der Waals surface area contributed by atoms with Gasteiger partial charge in [0.2, 0.25) is 0 Å². The molecule has 12 rings (SSSR count). The van der Waals surface area contributed by atoms with E-state index in [1.807, 2.05) is 12.1 Å². The van der Waals surface area contributed by atoms with Crippen LogP contribution in [0.15, 0.2) is 162 Å². The standard InChI is InChI=1S/C28H20.C21H17NO.H2N2/c1-17-12-15-23-21(16-17)20-8-2-3-9-22(20)28(23)24-10-4-6-18-13-14-19-7-5-11-25(28)27(19)26(18)24;1-2-6-15(7-3-1)21(12-13-22-21)16-10-11-18-17-8-4-5-9-19(17)23-20(18)14-16;1-2/h2,4-8,10-16H,3,9H2,1H3;1-11,14,22H,12-13H2;1-2H. The van der Waals surface area contributed by atoms with Gasteiger partial charge in [0, 0.05) is 10.8 Å². The third-order valence-electron chi connectivity index (χ3n) is 12.3. The Morgan fingerprint density at radius 3 is 2.04 bits per heavy atom. The zero-order valence-corrected chi connectivity index (χ0v) is 29.7. The van der Waals surface area contributed by atoms with Gasteiger partial charge in [-0.3, -0.25) is 0 Å². The van der Waals surface area contributed by atoms with Crippen LogP contribution in [-0.2, 0) is 11.0 Å². The monoisotopic (exact) mass is 685 g/mol. The number of hydrogen-bond acceptors (Lipinski definition) is 4. The minimum atomic E-state index is -0.119. The molecule has 1 spiro atoms. The molecule has 1 atom stereocenters. The summed E-state index contributed by atoms with van der Waals surface area (Å²) in [6.45, 7) is 3.26. The lowest BCUT2D eigenvalue weighted by molar-refractivity contribution is 0.266. The molecule has 3 N–H and O–H groups in total. The predicted octanol–water partition coefficient (Wildman–Crippen LogP) is 12.5. The summed E-state index contributed by atoms with van der Waals surface area (Å²) in [5.74, 6) is 0. The largest absolute Gasteiger partial charge is 0.456 e. The maximum absolute atomic E-state index is 6.06. The number of benzene rings is 7. The van der Waals surface area contributed by atoms with E-state index < -0.39 is 0 Å². The lowest BCUT2D eigenvalue weighted by Crippen LogP contribution is -2.54. The van der Waals surface area contributed by atoms with Gasteiger partial charge in [0.05, 0.1) is 11.0 Å². The Hall–Kier alpha value is -6.10. The van der Waals surface area contributed by atoms with Crippen molar-refractivity contribution < 1.29 is 4.42 Å². The molecule has 4 aliphatic rings. The van der Waals surface area contributed by atoms with E-state index in [1.54, 1.807) is 5.57 Å². The highest BCUT2D eigenvalue weighted by Crippen LogP contribution is 2.63. The molecule has 1 aromatic heterocycles. The number of fused-ring (bicyclic) bond motifs is 9. The summed E-state index contributed by atoms with van der Waals surface area (Å²) in [6, 6.07) is 51.1. The normalized spacial score (nSPS) is 18.5. The topological polar surface area (TPSA) is 72.9 Å². The quantitative estimate of drug-likeness (QED) is 0.125. The molecule has 3 aliphatic carbocycles. The van der Waals surface area contributed by atoms with Crippen molar-refractivity contribution in [3.05, 3.63) is 196 Å². The zero-order valence-electron chi connectivity index (χ0n) is 29.7. The number of allylic oxidation sites excluding steroid dienone is 4. The van der Waals surface area contributed by atoms with E-state index in [4.69, 9.17) is 15.5 Å². The minimum absolute atomic E-state index is 0.0750. The van der Waals surface area contributed by atoms with Crippen molar-refractivity contribution in [1.29, 1.82) is 11.1 Å². The second kappa shape index (κ2) is 12.0. The number of hydrogen-bond donors (Lipinski definition) is 3. The molecule has 1 saturated heterocycles. The highest BCUT2D eigenvalue weighted by atomic mass is 16.3. The molecule has 8 aromatic rings. The van der Waals surface area contributed by atoms with Crippen molar-refractivity contribution in [2.75, 3.05) is 6.54 Å². The molecule has 0 saturated carbocycles. The van der Waals surface area contributed by atoms with Gasteiger partial charge >= 0.3 is 0 Å². The summed E-state index contributed by atoms with van der Waals surface area (Å²) in [4.78, 5) is 0. The Morgan fingerprint density at radius 2 is 1.32 bits per heavy atom. The Labute approximate surface area is 308 Å². The summed E-state index contributed by atoms with van der Waals surface area (Å²) >= 11 is 0. The molecule has 1 aliphatic heterocycles. The molecule has 256 valence electrons. The van der Waals surface area contributed by atoms with Gasteiger partial charge in [-0.15, -0.1) is 0 Å². The fourth-order valence-corrected chi connectivity index (χ4v) is 9.97. The highest BCUT2D eigenvalue weighted by molar-refractivity contribution is 6.17. The van der Waals surface area contributed by atoms with Crippen molar-refractivity contribution in [1.82, 2.24) is 5.32 Å². The molecule has 2 heterocycles. The van der Waals surface area contributed by atoms with Gasteiger partial charge in [-0.2, -0.15) is 0 Å². The summed E-state index contributed by atoms with van der Waals surface area (Å²) in [5, 5.41) is 11.7. The maximum atomic E-state index is 6.06. The first-order valence-corrected chi connectivity index (χ1v) is 18.6. The van der Waals surface area contributed by atoms with Crippen molar-refractivity contribution in [2.45, 2.75) is 37.1 Å². The van der Waals surface area contributed by atoms with Crippen LogP contribution in [0.4, 0.5) is 0 Å². The highest BCUT2D eigenvalue weighted by Gasteiger charge is 2.51. The van der Waals surface area contributed by atoms with Crippen molar-refractivity contribution in [3.63, 3.8) is 0 Å². The number of nitrogens with one attached hydrogen (secondary N) is 3. The van der Waals surface area contributed by atoms with Gasteiger partial charge in [-0.1, -0.05) is 145 Å². The lowest BCUT2D eigenvalue weighted by Gasteiger charge is -2.44. The molecule has 7 aromatic carbocycles. The number of aryl methyl sites for hydroxylation is 1. The van der Waals surface area contributed by atoms with Gasteiger partial charge in [0.1, 0.15) is 11.2 Å². The van der Waals surface area contributed by atoms with Gasteiger partial charge in [0.15, 0.2) is 0 Å². The lowest BCUT2D eigenvalue weighted by atomic mass is 9.67. The van der Waals surface area contributed by atoms with E-state index in [-0.39, 0.29) is 11.0 Å². The SMILES string of the molecule is Cc1ccc2c(c1)C1=C(CCC=C1)C21c2cccc3ccc4cccc1c4c23.N=N.c1ccc(C2(c3ccc4c(c3)oc3ccccc34)CCN2)cc1.